The lowest BCUT2D eigenvalue weighted by molar-refractivity contribution is 0.0953. The fourth-order valence-electron chi connectivity index (χ4n) is 3.75. The van der Waals surface area contributed by atoms with Crippen molar-refractivity contribution < 1.29 is 14.6 Å². The number of hydrogen-bond acceptors (Lipinski definition) is 4. The minimum Gasteiger partial charge on any atom is -0.506 e. The first-order chi connectivity index (χ1) is 15.7. The Balaban J connectivity index is 1.54. The molecule has 0 saturated carbocycles. The van der Waals surface area contributed by atoms with E-state index < -0.39 is 0 Å². The number of benzene rings is 3. The molecule has 1 amide bonds. The minimum atomic E-state index is -0.131. The molecule has 4 rings (SSSR count). The average Bonchev–Trinajstić information content (AvgIpc) is 2.83. The van der Waals surface area contributed by atoms with Gasteiger partial charge in [-0.2, -0.15) is 0 Å². The molecule has 0 aliphatic carbocycles. The number of pyridine rings is 1. The Morgan fingerprint density at radius 2 is 1.88 bits per heavy atom. The third-order valence-electron chi connectivity index (χ3n) is 5.31. The van der Waals surface area contributed by atoms with Crippen LogP contribution in [0.2, 0.25) is 0 Å². The lowest BCUT2D eigenvalue weighted by Crippen LogP contribution is -2.24. The summed E-state index contributed by atoms with van der Waals surface area (Å²) >= 11 is 0. The Kier molecular flexibility index (Phi) is 6.66. The summed E-state index contributed by atoms with van der Waals surface area (Å²) in [4.78, 5) is 17.0. The number of amides is 1. The van der Waals surface area contributed by atoms with Crippen molar-refractivity contribution in [3.05, 3.63) is 90.1 Å². The highest BCUT2D eigenvalue weighted by Crippen LogP contribution is 2.36. The summed E-state index contributed by atoms with van der Waals surface area (Å²) in [6.07, 6.45) is 3.43. The van der Waals surface area contributed by atoms with E-state index in [2.05, 4.69) is 22.4 Å². The third kappa shape index (κ3) is 4.89. The average molecular weight is 427 g/mol. The maximum absolute atomic E-state index is 12.8. The van der Waals surface area contributed by atoms with Gasteiger partial charge in [0.2, 0.25) is 0 Å². The molecule has 0 bridgehead atoms. The van der Waals surface area contributed by atoms with E-state index in [1.165, 1.54) is 5.56 Å². The van der Waals surface area contributed by atoms with E-state index in [9.17, 15) is 9.90 Å². The Bertz CT molecular complexity index is 1220. The number of aromatic nitrogens is 1. The molecule has 0 unspecified atom stereocenters. The second-order valence-corrected chi connectivity index (χ2v) is 7.56. The van der Waals surface area contributed by atoms with Crippen LogP contribution in [0.3, 0.4) is 0 Å². The van der Waals surface area contributed by atoms with Gasteiger partial charge in [0, 0.05) is 29.3 Å². The van der Waals surface area contributed by atoms with Crippen LogP contribution in [0.15, 0.2) is 79.0 Å². The molecule has 1 heterocycles. The highest BCUT2D eigenvalue weighted by Gasteiger charge is 2.14. The monoisotopic (exact) mass is 426 g/mol. The number of phenolic OH excluding ortho intramolecular Hbond substituents is 1. The van der Waals surface area contributed by atoms with Crippen LogP contribution in [0, 0.1) is 0 Å². The van der Waals surface area contributed by atoms with E-state index in [4.69, 9.17) is 4.74 Å². The van der Waals surface area contributed by atoms with Gasteiger partial charge in [0.15, 0.2) is 0 Å². The number of hydrogen-bond donors (Lipinski definition) is 2. The second kappa shape index (κ2) is 9.96. The Hall–Kier alpha value is -3.86. The number of carbonyl (C=O) groups is 1. The zero-order valence-corrected chi connectivity index (χ0v) is 18.0. The topological polar surface area (TPSA) is 71.5 Å². The zero-order chi connectivity index (χ0) is 22.3. The Morgan fingerprint density at radius 1 is 1.03 bits per heavy atom. The van der Waals surface area contributed by atoms with E-state index in [0.29, 0.717) is 30.0 Å². The normalized spacial score (nSPS) is 10.8. The van der Waals surface area contributed by atoms with E-state index in [1.807, 2.05) is 55.5 Å². The molecule has 162 valence electrons. The van der Waals surface area contributed by atoms with Crippen molar-refractivity contribution in [1.82, 2.24) is 10.3 Å². The summed E-state index contributed by atoms with van der Waals surface area (Å²) < 4.78 is 5.80. The van der Waals surface area contributed by atoms with Gasteiger partial charge < -0.3 is 15.2 Å². The molecule has 0 fully saturated rings. The van der Waals surface area contributed by atoms with Crippen molar-refractivity contribution in [3.63, 3.8) is 0 Å². The first kappa shape index (κ1) is 21.4. The number of rotatable bonds is 8. The summed E-state index contributed by atoms with van der Waals surface area (Å²) in [5, 5.41) is 14.3. The molecule has 0 aliphatic rings. The van der Waals surface area contributed by atoms with Crippen LogP contribution in [-0.2, 0) is 6.42 Å². The summed E-state index contributed by atoms with van der Waals surface area (Å²) in [5.74, 6) is 0.626. The fraction of sp³-hybridized carbons (Fsp3) is 0.185. The van der Waals surface area contributed by atoms with Gasteiger partial charge in [0.05, 0.1) is 6.61 Å². The van der Waals surface area contributed by atoms with E-state index >= 15 is 0 Å². The number of fused-ring (bicyclic) bond motifs is 1. The maximum atomic E-state index is 12.8. The van der Waals surface area contributed by atoms with Crippen LogP contribution in [0.5, 0.6) is 11.5 Å². The molecular weight excluding hydrogens is 400 g/mol. The lowest BCUT2D eigenvalue weighted by atomic mass is 9.99. The number of aromatic hydroxyl groups is 1. The van der Waals surface area contributed by atoms with Gasteiger partial charge in [-0.15, -0.1) is 0 Å². The van der Waals surface area contributed by atoms with Crippen LogP contribution in [-0.4, -0.2) is 29.1 Å². The van der Waals surface area contributed by atoms with E-state index in [1.54, 1.807) is 18.3 Å². The molecule has 5 nitrogen and oxygen atoms in total. The van der Waals surface area contributed by atoms with E-state index in [0.717, 1.165) is 29.4 Å². The number of nitrogens with zero attached hydrogens (tertiary/aromatic N) is 1. The SMILES string of the molecule is CCOc1ccc(C(=O)NCCCc2ccccc2)cc1-c1cc(O)c2ncccc2c1. The van der Waals surface area contributed by atoms with Gasteiger partial charge in [0.25, 0.3) is 5.91 Å². The van der Waals surface area contributed by atoms with Crippen LogP contribution in [0.4, 0.5) is 0 Å². The highest BCUT2D eigenvalue weighted by molar-refractivity contribution is 5.97. The molecular formula is C27H26N2O3. The van der Waals surface area contributed by atoms with Crippen LogP contribution in [0.1, 0.15) is 29.3 Å². The van der Waals surface area contributed by atoms with Crippen molar-refractivity contribution in [1.29, 1.82) is 0 Å². The van der Waals surface area contributed by atoms with Crippen molar-refractivity contribution in [2.24, 2.45) is 0 Å². The smallest absolute Gasteiger partial charge is 0.251 e. The summed E-state index contributed by atoms with van der Waals surface area (Å²) in [7, 11) is 0. The summed E-state index contributed by atoms with van der Waals surface area (Å²) in [6.45, 7) is 3.01. The molecule has 2 N–H and O–H groups in total. The molecule has 0 aliphatic heterocycles. The molecule has 4 aromatic rings. The van der Waals surface area contributed by atoms with Crippen molar-refractivity contribution in [3.8, 4) is 22.6 Å². The first-order valence-corrected chi connectivity index (χ1v) is 10.8. The minimum absolute atomic E-state index is 0.0938. The van der Waals surface area contributed by atoms with Gasteiger partial charge in [-0.1, -0.05) is 36.4 Å². The molecule has 0 atom stereocenters. The van der Waals surface area contributed by atoms with Crippen molar-refractivity contribution in [2.45, 2.75) is 19.8 Å². The highest BCUT2D eigenvalue weighted by atomic mass is 16.5. The predicted octanol–water partition coefficient (Wildman–Crippen LogP) is 5.37. The van der Waals surface area contributed by atoms with E-state index in [-0.39, 0.29) is 11.7 Å². The summed E-state index contributed by atoms with van der Waals surface area (Å²) in [5.41, 5.74) is 3.88. The largest absolute Gasteiger partial charge is 0.506 e. The standard InChI is InChI=1S/C27H26N2O3/c1-2-32-25-13-12-21(27(31)29-15-6-10-19-8-4-3-5-9-19)17-23(25)22-16-20-11-7-14-28-26(20)24(30)18-22/h3-5,7-9,11-14,16-18,30H,2,6,10,15H2,1H3,(H,29,31). The molecule has 5 heteroatoms. The number of phenols is 1. The second-order valence-electron chi connectivity index (χ2n) is 7.56. The Morgan fingerprint density at radius 3 is 2.69 bits per heavy atom. The molecule has 0 saturated heterocycles. The number of carbonyl (C=O) groups excluding carboxylic acids is 1. The quantitative estimate of drug-likeness (QED) is 0.372. The number of nitrogens with one attached hydrogen (secondary N) is 1. The number of ether oxygens (including phenoxy) is 1. The van der Waals surface area contributed by atoms with Crippen LogP contribution >= 0.6 is 0 Å². The van der Waals surface area contributed by atoms with Crippen LogP contribution < -0.4 is 10.1 Å². The van der Waals surface area contributed by atoms with Gasteiger partial charge in [-0.05, 0) is 67.3 Å². The lowest BCUT2D eigenvalue weighted by Gasteiger charge is -2.14. The fourth-order valence-corrected chi connectivity index (χ4v) is 3.75. The predicted molar refractivity (Wildman–Crippen MR) is 127 cm³/mol. The third-order valence-corrected chi connectivity index (χ3v) is 5.31. The van der Waals surface area contributed by atoms with Gasteiger partial charge >= 0.3 is 0 Å². The van der Waals surface area contributed by atoms with Crippen LogP contribution in [0.25, 0.3) is 22.0 Å². The van der Waals surface area contributed by atoms with Gasteiger partial charge in [-0.3, -0.25) is 9.78 Å². The maximum Gasteiger partial charge on any atom is 0.251 e. The molecule has 0 radical (unpaired) electrons. The Labute approximate surface area is 187 Å². The molecule has 32 heavy (non-hydrogen) atoms. The number of aryl methyl sites for hydroxylation is 1. The molecule has 1 aromatic heterocycles. The summed E-state index contributed by atoms with van der Waals surface area (Å²) in [6, 6.07) is 23.0. The van der Waals surface area contributed by atoms with Crippen molar-refractivity contribution in [2.75, 3.05) is 13.2 Å². The molecule has 3 aromatic carbocycles. The van der Waals surface area contributed by atoms with Gasteiger partial charge in [0.1, 0.15) is 17.0 Å². The van der Waals surface area contributed by atoms with Crippen molar-refractivity contribution >= 4 is 16.8 Å². The van der Waals surface area contributed by atoms with Gasteiger partial charge in [-0.25, -0.2) is 0 Å². The zero-order valence-electron chi connectivity index (χ0n) is 18.0. The molecule has 0 spiro atoms. The first-order valence-electron chi connectivity index (χ1n) is 10.8.